The van der Waals surface area contributed by atoms with Crippen molar-refractivity contribution in [1.29, 1.82) is 0 Å². The molecule has 4 aromatic rings. The summed E-state index contributed by atoms with van der Waals surface area (Å²) in [6.45, 7) is 7.15. The molecule has 0 bridgehead atoms. The Hall–Kier alpha value is -3.90. The molecule has 0 N–H and O–H groups in total. The maximum atomic E-state index is 12.5. The summed E-state index contributed by atoms with van der Waals surface area (Å²) >= 11 is 6.21. The van der Waals surface area contributed by atoms with Gasteiger partial charge in [-0.1, -0.05) is 85.3 Å². The van der Waals surface area contributed by atoms with Gasteiger partial charge in [0, 0.05) is 24.7 Å². The number of esters is 1. The monoisotopic (exact) mass is 581 g/mol. The molecule has 0 amide bonds. The summed E-state index contributed by atoms with van der Waals surface area (Å²) in [5.74, 6) is 1.08. The van der Waals surface area contributed by atoms with E-state index in [0.717, 1.165) is 72.8 Å². The van der Waals surface area contributed by atoms with Crippen LogP contribution in [0.4, 0.5) is 0 Å². The number of morpholine rings is 1. The van der Waals surface area contributed by atoms with Crippen LogP contribution in [0.15, 0.2) is 103 Å². The van der Waals surface area contributed by atoms with Crippen molar-refractivity contribution in [3.05, 3.63) is 130 Å². The normalized spacial score (nSPS) is 14.2. The minimum Gasteiger partial charge on any atom is -0.492 e. The predicted molar refractivity (Wildman–Crippen MR) is 169 cm³/mol. The van der Waals surface area contributed by atoms with Gasteiger partial charge in [-0.3, -0.25) is 9.69 Å². The van der Waals surface area contributed by atoms with Gasteiger partial charge < -0.3 is 14.2 Å². The molecule has 4 aromatic carbocycles. The van der Waals surface area contributed by atoms with Crippen molar-refractivity contribution in [3.63, 3.8) is 0 Å². The maximum absolute atomic E-state index is 12.5. The molecule has 1 aliphatic rings. The van der Waals surface area contributed by atoms with Crippen molar-refractivity contribution in [2.75, 3.05) is 39.5 Å². The Balaban J connectivity index is 1.37. The zero-order valence-corrected chi connectivity index (χ0v) is 24.7. The standard InChI is InChI=1S/C36H36ClNO4/c1-2-34(28-8-14-31(37)15-9-28)36(29-10-16-32(17-11-29)41-25-22-38-20-23-40-24-21-38)30-12-18-33(19-13-30)42-35(39)26-27-6-4-3-5-7-27/h3-19H,2,20-26H2,1H3/b36-34-. The highest BCUT2D eigenvalue weighted by molar-refractivity contribution is 6.30. The SMILES string of the molecule is CC/C(=C(\c1ccc(OCCN2CCOCC2)cc1)c1ccc(OC(=O)Cc2ccccc2)cc1)c1ccc(Cl)cc1. The zero-order chi connectivity index (χ0) is 29.1. The third kappa shape index (κ3) is 8.10. The molecule has 0 radical (unpaired) electrons. The molecule has 1 heterocycles. The van der Waals surface area contributed by atoms with Crippen LogP contribution >= 0.6 is 11.6 Å². The lowest BCUT2D eigenvalue weighted by Crippen LogP contribution is -2.38. The smallest absolute Gasteiger partial charge is 0.315 e. The van der Waals surface area contributed by atoms with Crippen LogP contribution in [0.2, 0.25) is 5.02 Å². The van der Waals surface area contributed by atoms with Gasteiger partial charge in [0.05, 0.1) is 19.6 Å². The first-order chi connectivity index (χ1) is 20.6. The number of nitrogens with zero attached hydrogens (tertiary/aromatic N) is 1. The number of allylic oxidation sites excluding steroid dienone is 1. The number of carbonyl (C=O) groups is 1. The first-order valence-corrected chi connectivity index (χ1v) is 14.8. The van der Waals surface area contributed by atoms with Crippen LogP contribution in [0.5, 0.6) is 11.5 Å². The summed E-state index contributed by atoms with van der Waals surface area (Å²) in [6.07, 6.45) is 1.05. The number of hydrogen-bond acceptors (Lipinski definition) is 5. The molecule has 0 unspecified atom stereocenters. The Kier molecular flexibility index (Phi) is 10.4. The molecule has 5 nitrogen and oxygen atoms in total. The highest BCUT2D eigenvalue weighted by atomic mass is 35.5. The summed E-state index contributed by atoms with van der Waals surface area (Å²) < 4.78 is 17.1. The van der Waals surface area contributed by atoms with E-state index in [1.54, 1.807) is 0 Å². The number of carbonyl (C=O) groups excluding carboxylic acids is 1. The van der Waals surface area contributed by atoms with Gasteiger partial charge in [0.2, 0.25) is 0 Å². The number of benzene rings is 4. The van der Waals surface area contributed by atoms with Gasteiger partial charge in [0.1, 0.15) is 18.1 Å². The van der Waals surface area contributed by atoms with E-state index in [9.17, 15) is 4.79 Å². The summed E-state index contributed by atoms with van der Waals surface area (Å²) in [5.41, 5.74) is 6.46. The van der Waals surface area contributed by atoms with E-state index in [1.165, 1.54) is 5.57 Å². The summed E-state index contributed by atoms with van der Waals surface area (Å²) in [6, 6.07) is 33.6. The molecular formula is C36H36ClNO4. The summed E-state index contributed by atoms with van der Waals surface area (Å²) in [7, 11) is 0. The Morgan fingerprint density at radius 3 is 2.00 bits per heavy atom. The van der Waals surface area contributed by atoms with E-state index in [0.29, 0.717) is 17.4 Å². The highest BCUT2D eigenvalue weighted by Crippen LogP contribution is 2.36. The van der Waals surface area contributed by atoms with Crippen LogP contribution in [0.3, 0.4) is 0 Å². The number of rotatable bonds is 11. The van der Waals surface area contributed by atoms with Gasteiger partial charge in [-0.15, -0.1) is 0 Å². The molecular weight excluding hydrogens is 546 g/mol. The Morgan fingerprint density at radius 2 is 1.38 bits per heavy atom. The molecule has 0 aliphatic carbocycles. The van der Waals surface area contributed by atoms with Gasteiger partial charge in [-0.05, 0) is 76.2 Å². The number of ether oxygens (including phenoxy) is 3. The lowest BCUT2D eigenvalue weighted by atomic mass is 9.88. The average Bonchev–Trinajstić information content (AvgIpc) is 3.02. The molecule has 1 aliphatic heterocycles. The summed E-state index contributed by atoms with van der Waals surface area (Å²) in [4.78, 5) is 14.9. The Bertz CT molecular complexity index is 1460. The largest absolute Gasteiger partial charge is 0.492 e. The van der Waals surface area contributed by atoms with Crippen molar-refractivity contribution in [3.8, 4) is 11.5 Å². The first kappa shape index (κ1) is 29.6. The fraction of sp³-hybridized carbons (Fsp3) is 0.250. The summed E-state index contributed by atoms with van der Waals surface area (Å²) in [5, 5.41) is 0.705. The topological polar surface area (TPSA) is 48.0 Å². The van der Waals surface area contributed by atoms with Crippen molar-refractivity contribution >= 4 is 28.7 Å². The molecule has 5 rings (SSSR count). The quantitative estimate of drug-likeness (QED) is 0.104. The molecule has 1 fully saturated rings. The van der Waals surface area contributed by atoms with E-state index in [1.807, 2.05) is 78.9 Å². The minimum atomic E-state index is -0.288. The van der Waals surface area contributed by atoms with E-state index >= 15 is 0 Å². The molecule has 1 saturated heterocycles. The second kappa shape index (κ2) is 14.8. The van der Waals surface area contributed by atoms with Crippen molar-refractivity contribution in [2.45, 2.75) is 19.8 Å². The fourth-order valence-electron chi connectivity index (χ4n) is 5.15. The molecule has 0 saturated carbocycles. The second-order valence-corrected chi connectivity index (χ2v) is 10.6. The molecule has 0 atom stereocenters. The third-order valence-electron chi connectivity index (χ3n) is 7.34. The predicted octanol–water partition coefficient (Wildman–Crippen LogP) is 7.57. The van der Waals surface area contributed by atoms with Crippen LogP contribution in [-0.4, -0.2) is 50.3 Å². The number of hydrogen-bond donors (Lipinski definition) is 0. The van der Waals surface area contributed by atoms with Crippen LogP contribution in [-0.2, 0) is 16.0 Å². The lowest BCUT2D eigenvalue weighted by molar-refractivity contribution is -0.133. The molecule has 6 heteroatoms. The molecule has 0 aromatic heterocycles. The zero-order valence-electron chi connectivity index (χ0n) is 23.9. The van der Waals surface area contributed by atoms with Crippen molar-refractivity contribution in [2.24, 2.45) is 0 Å². The Labute approximate surface area is 253 Å². The highest BCUT2D eigenvalue weighted by Gasteiger charge is 2.15. The van der Waals surface area contributed by atoms with Gasteiger partial charge in [-0.25, -0.2) is 0 Å². The molecule has 216 valence electrons. The van der Waals surface area contributed by atoms with Gasteiger partial charge in [0.15, 0.2) is 0 Å². The van der Waals surface area contributed by atoms with Gasteiger partial charge >= 0.3 is 5.97 Å². The van der Waals surface area contributed by atoms with Crippen molar-refractivity contribution in [1.82, 2.24) is 4.90 Å². The van der Waals surface area contributed by atoms with Crippen molar-refractivity contribution < 1.29 is 19.0 Å². The van der Waals surface area contributed by atoms with E-state index in [-0.39, 0.29) is 12.4 Å². The molecule has 42 heavy (non-hydrogen) atoms. The first-order valence-electron chi connectivity index (χ1n) is 14.5. The Morgan fingerprint density at radius 1 is 0.786 bits per heavy atom. The maximum Gasteiger partial charge on any atom is 0.315 e. The van der Waals surface area contributed by atoms with E-state index in [4.69, 9.17) is 25.8 Å². The fourth-order valence-corrected chi connectivity index (χ4v) is 5.27. The second-order valence-electron chi connectivity index (χ2n) is 10.2. The van der Waals surface area contributed by atoms with Crippen LogP contribution in [0.1, 0.15) is 35.6 Å². The average molecular weight is 582 g/mol. The van der Waals surface area contributed by atoms with Crippen LogP contribution < -0.4 is 9.47 Å². The number of halogens is 1. The van der Waals surface area contributed by atoms with E-state index < -0.39 is 0 Å². The minimum absolute atomic E-state index is 0.227. The van der Waals surface area contributed by atoms with Crippen LogP contribution in [0.25, 0.3) is 11.1 Å². The van der Waals surface area contributed by atoms with E-state index in [2.05, 4.69) is 36.1 Å². The van der Waals surface area contributed by atoms with Gasteiger partial charge in [0.25, 0.3) is 0 Å². The third-order valence-corrected chi connectivity index (χ3v) is 7.59. The van der Waals surface area contributed by atoms with Crippen LogP contribution in [0, 0.1) is 0 Å². The lowest BCUT2D eigenvalue weighted by Gasteiger charge is -2.26. The van der Waals surface area contributed by atoms with Gasteiger partial charge in [-0.2, -0.15) is 0 Å². The molecule has 0 spiro atoms.